The van der Waals surface area contributed by atoms with Crippen LogP contribution in [0.15, 0.2) is 53.4 Å². The fourth-order valence-electron chi connectivity index (χ4n) is 2.70. The molecule has 2 aromatic rings. The molecule has 2 aromatic carbocycles. The van der Waals surface area contributed by atoms with Crippen LogP contribution in [0, 0.1) is 5.82 Å². The van der Waals surface area contributed by atoms with Crippen LogP contribution in [0.1, 0.15) is 32.3 Å². The maximum Gasteiger partial charge on any atom is 0.243 e. The summed E-state index contributed by atoms with van der Waals surface area (Å²) in [6.07, 6.45) is 1.61. The lowest BCUT2D eigenvalue weighted by Gasteiger charge is -2.21. The van der Waals surface area contributed by atoms with Gasteiger partial charge in [0.2, 0.25) is 15.9 Å². The first-order valence-corrected chi connectivity index (χ1v) is 10.4. The highest BCUT2D eigenvalue weighted by molar-refractivity contribution is 7.89. The van der Waals surface area contributed by atoms with E-state index in [1.807, 2.05) is 13.8 Å². The van der Waals surface area contributed by atoms with Crippen molar-refractivity contribution in [2.24, 2.45) is 0 Å². The van der Waals surface area contributed by atoms with E-state index in [0.29, 0.717) is 24.3 Å². The van der Waals surface area contributed by atoms with Gasteiger partial charge < -0.3 is 5.32 Å². The van der Waals surface area contributed by atoms with Crippen molar-refractivity contribution in [3.63, 3.8) is 0 Å². The molecule has 0 aromatic heterocycles. The Morgan fingerprint density at radius 3 is 2.04 bits per heavy atom. The summed E-state index contributed by atoms with van der Waals surface area (Å²) in [5, 5.41) is 2.72. The predicted octanol–water partition coefficient (Wildman–Crippen LogP) is 3.82. The molecule has 0 aliphatic heterocycles. The summed E-state index contributed by atoms with van der Waals surface area (Å²) >= 11 is 0. The van der Waals surface area contributed by atoms with Crippen LogP contribution >= 0.6 is 0 Å². The maximum absolute atomic E-state index is 12.9. The molecule has 0 bridgehead atoms. The largest absolute Gasteiger partial charge is 0.326 e. The summed E-state index contributed by atoms with van der Waals surface area (Å²) in [5.74, 6) is -0.605. The molecule has 1 N–H and O–H groups in total. The molecule has 0 saturated heterocycles. The monoisotopic (exact) mass is 392 g/mol. The van der Waals surface area contributed by atoms with E-state index in [9.17, 15) is 17.6 Å². The Hall–Kier alpha value is -2.25. The van der Waals surface area contributed by atoms with Gasteiger partial charge in [-0.1, -0.05) is 26.0 Å². The molecule has 0 aliphatic rings. The van der Waals surface area contributed by atoms with E-state index < -0.39 is 10.0 Å². The second-order valence-corrected chi connectivity index (χ2v) is 8.22. The number of hydrogen-bond donors (Lipinski definition) is 1. The van der Waals surface area contributed by atoms with Crippen LogP contribution in [0.3, 0.4) is 0 Å². The Morgan fingerprint density at radius 2 is 1.52 bits per heavy atom. The standard InChI is InChI=1S/C20H25FN2O3S/c1-3-13-23(14-4-2)27(25,26)19-11-9-18(10-12-19)22-20(24)15-16-5-7-17(21)8-6-16/h5-12H,3-4,13-15H2,1-2H3,(H,22,24). The molecule has 0 spiro atoms. The van der Waals surface area contributed by atoms with Crippen LogP contribution in [-0.2, 0) is 21.2 Å². The summed E-state index contributed by atoms with van der Waals surface area (Å²) in [5.41, 5.74) is 1.21. The van der Waals surface area contributed by atoms with E-state index in [-0.39, 0.29) is 23.0 Å². The zero-order chi connectivity index (χ0) is 19.9. The van der Waals surface area contributed by atoms with Crippen molar-refractivity contribution in [1.29, 1.82) is 0 Å². The Kier molecular flexibility index (Phi) is 7.50. The van der Waals surface area contributed by atoms with Gasteiger partial charge in [0.25, 0.3) is 0 Å². The number of anilines is 1. The summed E-state index contributed by atoms with van der Waals surface area (Å²) in [6, 6.07) is 11.9. The van der Waals surface area contributed by atoms with Gasteiger partial charge in [-0.05, 0) is 54.8 Å². The minimum absolute atomic E-state index is 0.112. The molecule has 0 saturated carbocycles. The summed E-state index contributed by atoms with van der Waals surface area (Å²) in [4.78, 5) is 12.3. The van der Waals surface area contributed by atoms with Crippen LogP contribution in [0.4, 0.5) is 10.1 Å². The lowest BCUT2D eigenvalue weighted by molar-refractivity contribution is -0.115. The highest BCUT2D eigenvalue weighted by atomic mass is 32.2. The van der Waals surface area contributed by atoms with Gasteiger partial charge in [0.1, 0.15) is 5.82 Å². The van der Waals surface area contributed by atoms with Crippen molar-refractivity contribution in [2.45, 2.75) is 38.0 Å². The van der Waals surface area contributed by atoms with Crippen LogP contribution in [0.2, 0.25) is 0 Å². The van der Waals surface area contributed by atoms with Crippen molar-refractivity contribution in [3.8, 4) is 0 Å². The zero-order valence-electron chi connectivity index (χ0n) is 15.6. The van der Waals surface area contributed by atoms with Gasteiger partial charge in [0.05, 0.1) is 11.3 Å². The number of amides is 1. The zero-order valence-corrected chi connectivity index (χ0v) is 16.4. The molecule has 146 valence electrons. The van der Waals surface area contributed by atoms with Crippen LogP contribution < -0.4 is 5.32 Å². The Labute approximate surface area is 160 Å². The number of carbonyl (C=O) groups excluding carboxylic acids is 1. The SMILES string of the molecule is CCCN(CCC)S(=O)(=O)c1ccc(NC(=O)Cc2ccc(F)cc2)cc1. The van der Waals surface area contributed by atoms with E-state index in [1.54, 1.807) is 24.3 Å². The van der Waals surface area contributed by atoms with Crippen molar-refractivity contribution >= 4 is 21.6 Å². The molecule has 7 heteroatoms. The molecule has 0 heterocycles. The lowest BCUT2D eigenvalue weighted by atomic mass is 10.1. The van der Waals surface area contributed by atoms with Crippen molar-refractivity contribution in [3.05, 3.63) is 59.9 Å². The van der Waals surface area contributed by atoms with Gasteiger partial charge in [0, 0.05) is 18.8 Å². The highest BCUT2D eigenvalue weighted by Gasteiger charge is 2.22. The smallest absolute Gasteiger partial charge is 0.243 e. The van der Waals surface area contributed by atoms with Gasteiger partial charge in [-0.3, -0.25) is 4.79 Å². The Balaban J connectivity index is 2.05. The maximum atomic E-state index is 12.9. The molecule has 0 aliphatic carbocycles. The molecule has 0 atom stereocenters. The highest BCUT2D eigenvalue weighted by Crippen LogP contribution is 2.19. The summed E-state index contributed by atoms with van der Waals surface area (Å²) in [7, 11) is -3.54. The minimum atomic E-state index is -3.54. The number of hydrogen-bond acceptors (Lipinski definition) is 3. The molecular weight excluding hydrogens is 367 g/mol. The third-order valence-corrected chi connectivity index (χ3v) is 5.91. The lowest BCUT2D eigenvalue weighted by Crippen LogP contribution is -2.32. The van der Waals surface area contributed by atoms with Gasteiger partial charge in [-0.25, -0.2) is 12.8 Å². The number of halogens is 1. The molecule has 1 amide bonds. The van der Waals surface area contributed by atoms with E-state index in [1.165, 1.54) is 28.6 Å². The fraction of sp³-hybridized carbons (Fsp3) is 0.350. The van der Waals surface area contributed by atoms with Crippen molar-refractivity contribution in [1.82, 2.24) is 4.31 Å². The van der Waals surface area contributed by atoms with Crippen molar-refractivity contribution in [2.75, 3.05) is 18.4 Å². The normalized spacial score (nSPS) is 11.6. The summed E-state index contributed by atoms with van der Waals surface area (Å²) < 4.78 is 39.8. The van der Waals surface area contributed by atoms with E-state index in [2.05, 4.69) is 5.32 Å². The van der Waals surface area contributed by atoms with Gasteiger partial charge in [-0.2, -0.15) is 4.31 Å². The number of rotatable bonds is 9. The number of sulfonamides is 1. The third-order valence-electron chi connectivity index (χ3n) is 4.00. The molecular formula is C20H25FN2O3S. The molecule has 0 unspecified atom stereocenters. The average molecular weight is 392 g/mol. The number of carbonyl (C=O) groups is 1. The quantitative estimate of drug-likeness (QED) is 0.705. The number of nitrogens with one attached hydrogen (secondary N) is 1. The summed E-state index contributed by atoms with van der Waals surface area (Å²) in [6.45, 7) is 4.84. The minimum Gasteiger partial charge on any atom is -0.326 e. The molecule has 0 fully saturated rings. The van der Waals surface area contributed by atoms with Crippen molar-refractivity contribution < 1.29 is 17.6 Å². The van der Waals surface area contributed by atoms with E-state index in [0.717, 1.165) is 12.8 Å². The van der Waals surface area contributed by atoms with E-state index >= 15 is 0 Å². The second kappa shape index (κ2) is 9.62. The fourth-order valence-corrected chi connectivity index (χ4v) is 4.33. The predicted molar refractivity (Wildman–Crippen MR) is 105 cm³/mol. The van der Waals surface area contributed by atoms with Crippen LogP contribution in [0.5, 0.6) is 0 Å². The van der Waals surface area contributed by atoms with Gasteiger partial charge >= 0.3 is 0 Å². The number of benzene rings is 2. The molecule has 5 nitrogen and oxygen atoms in total. The Bertz CT molecular complexity index is 844. The van der Waals surface area contributed by atoms with Gasteiger partial charge in [0.15, 0.2) is 0 Å². The first kappa shape index (κ1) is 21.1. The van der Waals surface area contributed by atoms with E-state index in [4.69, 9.17) is 0 Å². The average Bonchev–Trinajstić information content (AvgIpc) is 2.64. The Morgan fingerprint density at radius 1 is 0.963 bits per heavy atom. The first-order chi connectivity index (χ1) is 12.9. The van der Waals surface area contributed by atoms with Crippen LogP contribution in [-0.4, -0.2) is 31.7 Å². The van der Waals surface area contributed by atoms with Crippen LogP contribution in [0.25, 0.3) is 0 Å². The van der Waals surface area contributed by atoms with Gasteiger partial charge in [-0.15, -0.1) is 0 Å². The number of nitrogens with zero attached hydrogens (tertiary/aromatic N) is 1. The first-order valence-electron chi connectivity index (χ1n) is 9.01. The molecule has 27 heavy (non-hydrogen) atoms. The molecule has 0 radical (unpaired) electrons. The third kappa shape index (κ3) is 5.87. The molecule has 2 rings (SSSR count). The topological polar surface area (TPSA) is 66.5 Å². The second-order valence-electron chi connectivity index (χ2n) is 6.28.